The molecule has 1 unspecified atom stereocenters. The average Bonchev–Trinajstić information content (AvgIpc) is 2.88. The van der Waals surface area contributed by atoms with Gasteiger partial charge in [-0.2, -0.15) is 5.10 Å². The number of ether oxygens (including phenoxy) is 2. The molecule has 0 spiro atoms. The minimum Gasteiger partial charge on any atom is -0.490 e. The predicted molar refractivity (Wildman–Crippen MR) is 146 cm³/mol. The molecule has 0 aliphatic carbocycles. The van der Waals surface area contributed by atoms with Crippen molar-refractivity contribution in [2.45, 2.75) is 39.8 Å². The third-order valence-electron chi connectivity index (χ3n) is 5.33. The summed E-state index contributed by atoms with van der Waals surface area (Å²) < 4.78 is 11.7. The molecule has 8 heteroatoms. The second-order valence-electron chi connectivity index (χ2n) is 8.81. The SMILES string of the molecule is CCOc1cc(/C=N/NC(=O)C(CC(C)C)NC(=O)c2ccc(Cl)cc2)ccc1OCc1ccccc1. The van der Waals surface area contributed by atoms with E-state index in [9.17, 15) is 9.59 Å². The Morgan fingerprint density at radius 1 is 0.973 bits per heavy atom. The molecule has 3 rings (SSSR count). The molecule has 0 aliphatic heterocycles. The Bertz CT molecular complexity index is 1200. The van der Waals surface area contributed by atoms with E-state index in [1.165, 1.54) is 6.21 Å². The van der Waals surface area contributed by atoms with Gasteiger partial charge in [0.25, 0.3) is 11.8 Å². The van der Waals surface area contributed by atoms with E-state index < -0.39 is 11.9 Å². The van der Waals surface area contributed by atoms with Gasteiger partial charge >= 0.3 is 0 Å². The standard InChI is InChI=1S/C29H32ClN3O4/c1-4-36-27-17-22(10-15-26(27)37-19-21-8-6-5-7-9-21)18-31-33-29(35)25(16-20(2)3)32-28(34)23-11-13-24(30)14-12-23/h5-15,17-18,20,25H,4,16,19H2,1-3H3,(H,32,34)(H,33,35)/b31-18+. The van der Waals surface area contributed by atoms with E-state index in [1.54, 1.807) is 30.3 Å². The number of carbonyl (C=O) groups excluding carboxylic acids is 2. The van der Waals surface area contributed by atoms with E-state index in [-0.39, 0.29) is 11.8 Å². The van der Waals surface area contributed by atoms with Crippen LogP contribution in [0.5, 0.6) is 11.5 Å². The van der Waals surface area contributed by atoms with Gasteiger partial charge in [0.2, 0.25) is 0 Å². The van der Waals surface area contributed by atoms with Gasteiger partial charge < -0.3 is 14.8 Å². The molecule has 0 bridgehead atoms. The topological polar surface area (TPSA) is 89.0 Å². The molecule has 0 fully saturated rings. The molecule has 0 aliphatic rings. The Hall–Kier alpha value is -3.84. The number of rotatable bonds is 12. The fourth-order valence-electron chi connectivity index (χ4n) is 3.52. The maximum absolute atomic E-state index is 12.8. The summed E-state index contributed by atoms with van der Waals surface area (Å²) in [6, 6.07) is 21.1. The van der Waals surface area contributed by atoms with Crippen LogP contribution in [0.1, 0.15) is 48.7 Å². The van der Waals surface area contributed by atoms with Gasteiger partial charge in [0, 0.05) is 10.6 Å². The zero-order chi connectivity index (χ0) is 26.6. The first-order valence-corrected chi connectivity index (χ1v) is 12.6. The predicted octanol–water partition coefficient (Wildman–Crippen LogP) is 5.61. The van der Waals surface area contributed by atoms with Crippen LogP contribution in [0.2, 0.25) is 5.02 Å². The summed E-state index contributed by atoms with van der Waals surface area (Å²) >= 11 is 5.90. The van der Waals surface area contributed by atoms with Crippen molar-refractivity contribution in [2.24, 2.45) is 11.0 Å². The van der Waals surface area contributed by atoms with Gasteiger partial charge in [-0.1, -0.05) is 55.8 Å². The molecule has 0 heterocycles. The highest BCUT2D eigenvalue weighted by Gasteiger charge is 2.22. The molecule has 2 amide bonds. The second-order valence-corrected chi connectivity index (χ2v) is 9.25. The molecule has 3 aromatic rings. The molecule has 1 atom stereocenters. The monoisotopic (exact) mass is 521 g/mol. The number of hydrogen-bond acceptors (Lipinski definition) is 5. The quantitative estimate of drug-likeness (QED) is 0.239. The molecule has 37 heavy (non-hydrogen) atoms. The van der Waals surface area contributed by atoms with Crippen molar-refractivity contribution in [3.05, 3.63) is 94.5 Å². The van der Waals surface area contributed by atoms with Crippen molar-refractivity contribution in [3.8, 4) is 11.5 Å². The van der Waals surface area contributed by atoms with E-state index >= 15 is 0 Å². The van der Waals surface area contributed by atoms with E-state index in [1.807, 2.05) is 63.2 Å². The number of benzene rings is 3. The number of carbonyl (C=O) groups is 2. The van der Waals surface area contributed by atoms with Crippen LogP contribution < -0.4 is 20.2 Å². The fraction of sp³-hybridized carbons (Fsp3) is 0.276. The first kappa shape index (κ1) is 27.7. The fourth-order valence-corrected chi connectivity index (χ4v) is 3.65. The third kappa shape index (κ3) is 8.95. The van der Waals surface area contributed by atoms with Gasteiger partial charge in [-0.25, -0.2) is 5.43 Å². The Labute approximate surface area is 222 Å². The van der Waals surface area contributed by atoms with Gasteiger partial charge in [0.15, 0.2) is 11.5 Å². The molecular formula is C29H32ClN3O4. The summed E-state index contributed by atoms with van der Waals surface area (Å²) in [5, 5.41) is 7.42. The first-order chi connectivity index (χ1) is 17.9. The minimum absolute atomic E-state index is 0.183. The minimum atomic E-state index is -0.743. The molecule has 3 aromatic carbocycles. The number of nitrogens with zero attached hydrogens (tertiary/aromatic N) is 1. The van der Waals surface area contributed by atoms with Crippen LogP contribution in [0.4, 0.5) is 0 Å². The van der Waals surface area contributed by atoms with Crippen LogP contribution in [0.3, 0.4) is 0 Å². The zero-order valence-electron chi connectivity index (χ0n) is 21.2. The molecule has 0 aromatic heterocycles. The molecule has 2 N–H and O–H groups in total. The lowest BCUT2D eigenvalue weighted by Crippen LogP contribution is -2.46. The van der Waals surface area contributed by atoms with E-state index in [4.69, 9.17) is 21.1 Å². The lowest BCUT2D eigenvalue weighted by Gasteiger charge is -2.19. The highest BCUT2D eigenvalue weighted by Crippen LogP contribution is 2.29. The highest BCUT2D eigenvalue weighted by molar-refractivity contribution is 6.30. The van der Waals surface area contributed by atoms with Crippen LogP contribution in [-0.4, -0.2) is 30.7 Å². The Morgan fingerprint density at radius 2 is 1.70 bits per heavy atom. The lowest BCUT2D eigenvalue weighted by molar-refractivity contribution is -0.123. The summed E-state index contributed by atoms with van der Waals surface area (Å²) in [6.07, 6.45) is 1.98. The van der Waals surface area contributed by atoms with Crippen LogP contribution in [0.25, 0.3) is 0 Å². The van der Waals surface area contributed by atoms with Crippen molar-refractivity contribution >= 4 is 29.6 Å². The number of hydrogen-bond donors (Lipinski definition) is 2. The average molecular weight is 522 g/mol. The normalized spacial score (nSPS) is 11.8. The summed E-state index contributed by atoms with van der Waals surface area (Å²) in [4.78, 5) is 25.5. The smallest absolute Gasteiger partial charge is 0.262 e. The van der Waals surface area contributed by atoms with Gasteiger partial charge in [-0.15, -0.1) is 0 Å². The Morgan fingerprint density at radius 3 is 2.38 bits per heavy atom. The highest BCUT2D eigenvalue weighted by atomic mass is 35.5. The van der Waals surface area contributed by atoms with Crippen molar-refractivity contribution in [2.75, 3.05) is 6.61 Å². The van der Waals surface area contributed by atoms with Gasteiger partial charge in [0.1, 0.15) is 12.6 Å². The van der Waals surface area contributed by atoms with E-state index in [2.05, 4.69) is 15.8 Å². The summed E-state index contributed by atoms with van der Waals surface area (Å²) in [5.74, 6) is 0.631. The molecule has 7 nitrogen and oxygen atoms in total. The molecule has 194 valence electrons. The van der Waals surface area contributed by atoms with Crippen LogP contribution in [-0.2, 0) is 11.4 Å². The Kier molecular flexibility index (Phi) is 10.5. The van der Waals surface area contributed by atoms with Gasteiger partial charge in [-0.3, -0.25) is 9.59 Å². The van der Waals surface area contributed by atoms with Crippen molar-refractivity contribution in [1.82, 2.24) is 10.7 Å². The summed E-state index contributed by atoms with van der Waals surface area (Å²) in [7, 11) is 0. The maximum atomic E-state index is 12.8. The molecule has 0 radical (unpaired) electrons. The first-order valence-electron chi connectivity index (χ1n) is 12.2. The molecule has 0 saturated heterocycles. The summed E-state index contributed by atoms with van der Waals surface area (Å²) in [5.41, 5.74) is 4.74. The third-order valence-corrected chi connectivity index (χ3v) is 5.58. The number of halogens is 1. The zero-order valence-corrected chi connectivity index (χ0v) is 22.0. The Balaban J connectivity index is 1.63. The number of amides is 2. The molecule has 0 saturated carbocycles. The van der Waals surface area contributed by atoms with Crippen LogP contribution in [0.15, 0.2) is 77.9 Å². The van der Waals surface area contributed by atoms with E-state index in [0.717, 1.165) is 11.1 Å². The largest absolute Gasteiger partial charge is 0.490 e. The van der Waals surface area contributed by atoms with Crippen molar-refractivity contribution in [3.63, 3.8) is 0 Å². The van der Waals surface area contributed by atoms with Crippen molar-refractivity contribution in [1.29, 1.82) is 0 Å². The number of nitrogens with one attached hydrogen (secondary N) is 2. The number of hydrazone groups is 1. The summed E-state index contributed by atoms with van der Waals surface area (Å²) in [6.45, 7) is 6.76. The lowest BCUT2D eigenvalue weighted by atomic mass is 10.0. The van der Waals surface area contributed by atoms with Crippen LogP contribution >= 0.6 is 11.6 Å². The molecular weight excluding hydrogens is 490 g/mol. The second kappa shape index (κ2) is 14.0. The van der Waals surface area contributed by atoms with Crippen LogP contribution in [0, 0.1) is 5.92 Å². The van der Waals surface area contributed by atoms with Crippen molar-refractivity contribution < 1.29 is 19.1 Å². The van der Waals surface area contributed by atoms with Gasteiger partial charge in [-0.05, 0) is 72.9 Å². The van der Waals surface area contributed by atoms with Gasteiger partial charge in [0.05, 0.1) is 12.8 Å². The maximum Gasteiger partial charge on any atom is 0.262 e. The van der Waals surface area contributed by atoms with E-state index in [0.29, 0.717) is 41.7 Å².